The molecule has 152 valence electrons. The molecule has 2 aromatic carbocycles. The molecule has 0 aromatic heterocycles. The van der Waals surface area contributed by atoms with E-state index < -0.39 is 18.5 Å². The van der Waals surface area contributed by atoms with Crippen molar-refractivity contribution in [2.24, 2.45) is 0 Å². The van der Waals surface area contributed by atoms with E-state index in [1.165, 1.54) is 24.3 Å². The van der Waals surface area contributed by atoms with E-state index in [-0.39, 0.29) is 18.6 Å². The van der Waals surface area contributed by atoms with Crippen LogP contribution in [0.5, 0.6) is 5.75 Å². The molecule has 1 N–H and O–H groups in total. The van der Waals surface area contributed by atoms with Crippen molar-refractivity contribution >= 4 is 34.9 Å². The van der Waals surface area contributed by atoms with Crippen molar-refractivity contribution in [3.8, 4) is 5.75 Å². The molecule has 6 nitrogen and oxygen atoms in total. The van der Waals surface area contributed by atoms with E-state index in [4.69, 9.17) is 21.1 Å². The summed E-state index contributed by atoms with van der Waals surface area (Å²) in [7, 11) is 1.49. The third-order valence-electron chi connectivity index (χ3n) is 4.78. The van der Waals surface area contributed by atoms with Gasteiger partial charge in [-0.05, 0) is 54.7 Å². The summed E-state index contributed by atoms with van der Waals surface area (Å²) in [5, 5.41) is 2.93. The fourth-order valence-electron chi connectivity index (χ4n) is 3.26. The van der Waals surface area contributed by atoms with Gasteiger partial charge in [-0.25, -0.2) is 0 Å². The van der Waals surface area contributed by atoms with Crippen molar-refractivity contribution in [1.82, 2.24) is 0 Å². The van der Waals surface area contributed by atoms with Crippen molar-refractivity contribution in [1.29, 1.82) is 0 Å². The fraction of sp³-hybridized carbons (Fsp3) is 0.318. The first-order chi connectivity index (χ1) is 14.0. The lowest BCUT2D eigenvalue weighted by Crippen LogP contribution is -2.21. The summed E-state index contributed by atoms with van der Waals surface area (Å²) in [6.45, 7) is -0.435. The maximum Gasteiger partial charge on any atom is 0.306 e. The Labute approximate surface area is 174 Å². The Bertz CT molecular complexity index is 941. The van der Waals surface area contributed by atoms with Crippen molar-refractivity contribution in [2.75, 3.05) is 19.0 Å². The molecule has 0 spiro atoms. The molecular formula is C22H22ClNO5. The number of esters is 1. The minimum atomic E-state index is -0.595. The highest BCUT2D eigenvalue weighted by atomic mass is 35.5. The minimum Gasteiger partial charge on any atom is -0.495 e. The molecule has 0 aliphatic heterocycles. The van der Waals surface area contributed by atoms with Gasteiger partial charge in [-0.15, -0.1) is 0 Å². The summed E-state index contributed by atoms with van der Waals surface area (Å²) in [5.41, 5.74) is 3.59. The monoisotopic (exact) mass is 415 g/mol. The molecular weight excluding hydrogens is 394 g/mol. The topological polar surface area (TPSA) is 81.7 Å². The summed E-state index contributed by atoms with van der Waals surface area (Å²) in [6, 6.07) is 10.5. The van der Waals surface area contributed by atoms with E-state index in [0.717, 1.165) is 19.3 Å². The first-order valence-electron chi connectivity index (χ1n) is 9.40. The van der Waals surface area contributed by atoms with E-state index >= 15 is 0 Å². The number of ketones is 1. The second-order valence-electron chi connectivity index (χ2n) is 6.82. The third-order valence-corrected chi connectivity index (χ3v) is 5.07. The Hall–Kier alpha value is -2.86. The van der Waals surface area contributed by atoms with Crippen LogP contribution in [-0.2, 0) is 27.2 Å². The van der Waals surface area contributed by atoms with Crippen LogP contribution in [0.2, 0.25) is 5.02 Å². The zero-order valence-electron chi connectivity index (χ0n) is 16.1. The molecule has 1 amide bonds. The number of fused-ring (bicyclic) bond motifs is 1. The number of anilines is 1. The van der Waals surface area contributed by atoms with E-state index in [1.807, 2.05) is 18.2 Å². The van der Waals surface area contributed by atoms with Crippen LogP contribution in [0, 0.1) is 0 Å². The van der Waals surface area contributed by atoms with E-state index in [2.05, 4.69) is 5.32 Å². The molecule has 7 heteroatoms. The molecule has 29 heavy (non-hydrogen) atoms. The molecule has 0 fully saturated rings. The van der Waals surface area contributed by atoms with E-state index in [0.29, 0.717) is 22.0 Å². The average molecular weight is 416 g/mol. The van der Waals surface area contributed by atoms with Gasteiger partial charge in [0.25, 0.3) is 5.91 Å². The summed E-state index contributed by atoms with van der Waals surface area (Å²) in [6.07, 6.45) is 3.14. The molecule has 1 aliphatic rings. The van der Waals surface area contributed by atoms with Gasteiger partial charge in [-0.2, -0.15) is 0 Å². The SMILES string of the molecule is COc1ccc(NC(=O)COC(=O)CCC(=O)c2ccc3c(c2)CCC3)cc1Cl. The van der Waals surface area contributed by atoms with Crippen LogP contribution in [0.3, 0.4) is 0 Å². The predicted molar refractivity (Wildman–Crippen MR) is 110 cm³/mol. The molecule has 0 unspecified atom stereocenters. The van der Waals surface area contributed by atoms with Crippen molar-refractivity contribution < 1.29 is 23.9 Å². The highest BCUT2D eigenvalue weighted by Crippen LogP contribution is 2.27. The highest BCUT2D eigenvalue weighted by molar-refractivity contribution is 6.32. The molecule has 0 saturated heterocycles. The van der Waals surface area contributed by atoms with Crippen LogP contribution in [0.1, 0.15) is 40.7 Å². The quantitative estimate of drug-likeness (QED) is 0.521. The van der Waals surface area contributed by atoms with Crippen LogP contribution in [-0.4, -0.2) is 31.4 Å². The lowest BCUT2D eigenvalue weighted by atomic mass is 10.0. The average Bonchev–Trinajstić information content (AvgIpc) is 3.18. The molecule has 0 heterocycles. The van der Waals surface area contributed by atoms with Gasteiger partial charge in [-0.1, -0.05) is 23.7 Å². The van der Waals surface area contributed by atoms with Crippen LogP contribution in [0.15, 0.2) is 36.4 Å². The van der Waals surface area contributed by atoms with Gasteiger partial charge in [0, 0.05) is 17.7 Å². The number of nitrogens with one attached hydrogen (secondary N) is 1. The molecule has 1 aliphatic carbocycles. The maximum absolute atomic E-state index is 12.3. The van der Waals surface area contributed by atoms with E-state index in [1.54, 1.807) is 12.1 Å². The predicted octanol–water partition coefficient (Wildman–Crippen LogP) is 3.98. The minimum absolute atomic E-state index is 0.0489. The second kappa shape index (κ2) is 9.56. The van der Waals surface area contributed by atoms with Crippen LogP contribution in [0.4, 0.5) is 5.69 Å². The zero-order chi connectivity index (χ0) is 20.8. The Morgan fingerprint density at radius 2 is 1.83 bits per heavy atom. The Morgan fingerprint density at radius 3 is 2.59 bits per heavy atom. The smallest absolute Gasteiger partial charge is 0.306 e. The van der Waals surface area contributed by atoms with Crippen molar-refractivity contribution in [3.63, 3.8) is 0 Å². The number of hydrogen-bond acceptors (Lipinski definition) is 5. The number of carbonyl (C=O) groups is 3. The van der Waals surface area contributed by atoms with Crippen molar-refractivity contribution in [3.05, 3.63) is 58.1 Å². The van der Waals surface area contributed by atoms with Gasteiger partial charge < -0.3 is 14.8 Å². The lowest BCUT2D eigenvalue weighted by molar-refractivity contribution is -0.147. The molecule has 0 bridgehead atoms. The number of halogens is 1. The van der Waals surface area contributed by atoms with Gasteiger partial charge in [0.2, 0.25) is 0 Å². The van der Waals surface area contributed by atoms with Gasteiger partial charge in [0.1, 0.15) is 5.75 Å². The summed E-state index contributed by atoms with van der Waals surface area (Å²) in [4.78, 5) is 36.1. The standard InChI is InChI=1S/C22H22ClNO5/c1-28-20-9-7-17(12-18(20)23)24-21(26)13-29-22(27)10-8-19(25)16-6-5-14-3-2-4-15(14)11-16/h5-7,9,11-12H,2-4,8,10,13H2,1H3,(H,24,26). The first kappa shape index (κ1) is 20.9. The van der Waals surface area contributed by atoms with Crippen LogP contribution >= 0.6 is 11.6 Å². The second-order valence-corrected chi connectivity index (χ2v) is 7.23. The number of hydrogen-bond donors (Lipinski definition) is 1. The van der Waals surface area contributed by atoms with Crippen LogP contribution in [0.25, 0.3) is 0 Å². The van der Waals surface area contributed by atoms with Gasteiger partial charge in [-0.3, -0.25) is 14.4 Å². The van der Waals surface area contributed by atoms with Crippen LogP contribution < -0.4 is 10.1 Å². The largest absolute Gasteiger partial charge is 0.495 e. The van der Waals surface area contributed by atoms with E-state index in [9.17, 15) is 14.4 Å². The number of benzene rings is 2. The Morgan fingerprint density at radius 1 is 1.03 bits per heavy atom. The zero-order valence-corrected chi connectivity index (χ0v) is 16.9. The number of Topliss-reactive ketones (excluding diaryl/α,β-unsaturated/α-hetero) is 1. The summed E-state index contributed by atoms with van der Waals surface area (Å²) < 4.78 is 9.99. The fourth-order valence-corrected chi connectivity index (χ4v) is 3.52. The normalized spacial score (nSPS) is 12.2. The maximum atomic E-state index is 12.3. The molecule has 2 aromatic rings. The summed E-state index contributed by atoms with van der Waals surface area (Å²) >= 11 is 6.00. The molecule has 3 rings (SSSR count). The number of carbonyl (C=O) groups excluding carboxylic acids is 3. The number of ether oxygens (including phenoxy) is 2. The number of amides is 1. The first-order valence-corrected chi connectivity index (χ1v) is 9.78. The van der Waals surface area contributed by atoms with Gasteiger partial charge >= 0.3 is 5.97 Å². The molecule has 0 saturated carbocycles. The molecule has 0 atom stereocenters. The number of rotatable bonds is 8. The Balaban J connectivity index is 1.42. The number of methoxy groups -OCH3 is 1. The lowest BCUT2D eigenvalue weighted by Gasteiger charge is -2.09. The van der Waals surface area contributed by atoms with Crippen molar-refractivity contribution in [2.45, 2.75) is 32.1 Å². The Kier molecular flexibility index (Phi) is 6.88. The molecule has 0 radical (unpaired) electrons. The summed E-state index contributed by atoms with van der Waals surface area (Å²) in [5.74, 6) is -0.704. The van der Waals surface area contributed by atoms with Gasteiger partial charge in [0.05, 0.1) is 18.6 Å². The highest BCUT2D eigenvalue weighted by Gasteiger charge is 2.16. The number of aryl methyl sites for hydroxylation is 2. The third kappa shape index (κ3) is 5.57. The van der Waals surface area contributed by atoms with Gasteiger partial charge in [0.15, 0.2) is 12.4 Å².